The Bertz CT molecular complexity index is 745. The Balaban J connectivity index is 1.88. The number of nitrogens with one attached hydrogen (secondary N) is 1. The van der Waals surface area contributed by atoms with Gasteiger partial charge in [-0.1, -0.05) is 38.1 Å². The molecule has 6 heteroatoms. The summed E-state index contributed by atoms with van der Waals surface area (Å²) >= 11 is 1.45. The van der Waals surface area contributed by atoms with E-state index in [4.69, 9.17) is 0 Å². The van der Waals surface area contributed by atoms with Gasteiger partial charge in [-0.25, -0.2) is 0 Å². The van der Waals surface area contributed by atoms with E-state index in [2.05, 4.69) is 19.2 Å². The van der Waals surface area contributed by atoms with Gasteiger partial charge >= 0.3 is 0 Å². The first-order valence-corrected chi connectivity index (χ1v) is 9.17. The molecule has 2 rings (SSSR count). The number of carbonyl (C=O) groups excluding carboxylic acids is 1. The second-order valence-corrected chi connectivity index (χ2v) is 7.46. The summed E-state index contributed by atoms with van der Waals surface area (Å²) < 4.78 is 0. The number of nitrogens with zero attached hydrogens (tertiary/aromatic N) is 1. The van der Waals surface area contributed by atoms with E-state index in [9.17, 15) is 14.9 Å². The molecule has 5 nitrogen and oxygen atoms in total. The second kappa shape index (κ2) is 8.67. The van der Waals surface area contributed by atoms with Crippen LogP contribution in [0.1, 0.15) is 43.1 Å². The molecule has 0 spiro atoms. The Labute approximate surface area is 152 Å². The largest absolute Gasteiger partial charge is 0.325 e. The third-order valence-electron chi connectivity index (χ3n) is 3.88. The number of hydrogen-bond donors (Lipinski definition) is 1. The van der Waals surface area contributed by atoms with Crippen molar-refractivity contribution < 1.29 is 9.72 Å². The van der Waals surface area contributed by atoms with Crippen LogP contribution < -0.4 is 5.32 Å². The van der Waals surface area contributed by atoms with Crippen LogP contribution >= 0.6 is 11.8 Å². The van der Waals surface area contributed by atoms with Crippen molar-refractivity contribution in [3.05, 3.63) is 69.8 Å². The molecule has 2 aromatic carbocycles. The van der Waals surface area contributed by atoms with Gasteiger partial charge in [-0.2, -0.15) is 0 Å². The maximum Gasteiger partial charge on any atom is 0.269 e. The summed E-state index contributed by atoms with van der Waals surface area (Å²) in [5.41, 5.74) is 2.91. The molecular weight excluding hydrogens is 336 g/mol. The third kappa shape index (κ3) is 5.60. The molecule has 0 aliphatic carbocycles. The zero-order chi connectivity index (χ0) is 18.4. The summed E-state index contributed by atoms with van der Waals surface area (Å²) in [6, 6.07) is 14.4. The normalized spacial score (nSPS) is 12.0. The first-order valence-electron chi connectivity index (χ1n) is 8.12. The van der Waals surface area contributed by atoms with Gasteiger partial charge in [0.2, 0.25) is 5.91 Å². The zero-order valence-corrected chi connectivity index (χ0v) is 15.4. The summed E-state index contributed by atoms with van der Waals surface area (Å²) in [6.07, 6.45) is 0. The fourth-order valence-electron chi connectivity index (χ4n) is 2.34. The summed E-state index contributed by atoms with van der Waals surface area (Å²) in [4.78, 5) is 22.5. The maximum atomic E-state index is 12.1. The molecule has 0 saturated carbocycles. The highest BCUT2D eigenvalue weighted by Crippen LogP contribution is 2.30. The van der Waals surface area contributed by atoms with Crippen LogP contribution in [0, 0.1) is 10.1 Å². The molecule has 0 aliphatic heterocycles. The second-order valence-electron chi connectivity index (χ2n) is 6.13. The number of nitro groups is 1. The van der Waals surface area contributed by atoms with E-state index in [-0.39, 0.29) is 22.6 Å². The Kier molecular flexibility index (Phi) is 6.58. The predicted molar refractivity (Wildman–Crippen MR) is 103 cm³/mol. The molecule has 0 aromatic heterocycles. The van der Waals surface area contributed by atoms with Gasteiger partial charge in [0.15, 0.2) is 0 Å². The lowest BCUT2D eigenvalue weighted by atomic mass is 10.0. The molecule has 0 unspecified atom stereocenters. The minimum absolute atomic E-state index is 0.00559. The fourth-order valence-corrected chi connectivity index (χ4v) is 3.15. The van der Waals surface area contributed by atoms with Crippen molar-refractivity contribution >= 4 is 29.0 Å². The highest BCUT2D eigenvalue weighted by atomic mass is 32.2. The minimum atomic E-state index is -0.408. The van der Waals surface area contributed by atoms with Crippen LogP contribution in [0.2, 0.25) is 0 Å². The van der Waals surface area contributed by atoms with Crippen molar-refractivity contribution in [2.24, 2.45) is 0 Å². The van der Waals surface area contributed by atoms with Crippen molar-refractivity contribution in [3.63, 3.8) is 0 Å². The molecule has 0 aliphatic rings. The topological polar surface area (TPSA) is 72.2 Å². The van der Waals surface area contributed by atoms with Crippen LogP contribution in [-0.2, 0) is 4.79 Å². The quantitative estimate of drug-likeness (QED) is 0.549. The number of non-ortho nitro benzene ring substituents is 1. The number of carbonyl (C=O) groups is 1. The van der Waals surface area contributed by atoms with Crippen molar-refractivity contribution in [2.45, 2.75) is 31.9 Å². The van der Waals surface area contributed by atoms with Gasteiger partial charge in [-0.15, -0.1) is 11.8 Å². The standard InChI is InChI=1S/C19H22N2O3S/c1-13(2)15-7-9-17(10-8-15)20-19(22)12-25-14(3)16-5-4-6-18(11-16)21(23)24/h4-11,13-14H,12H2,1-3H3,(H,20,22)/t14-/m1/s1. The first kappa shape index (κ1) is 19.0. The third-order valence-corrected chi connectivity index (χ3v) is 5.08. The molecule has 2 aromatic rings. The predicted octanol–water partition coefficient (Wildman–Crippen LogP) is 5.15. The molecule has 25 heavy (non-hydrogen) atoms. The van der Waals surface area contributed by atoms with E-state index in [0.717, 1.165) is 11.3 Å². The molecule has 0 bridgehead atoms. The number of hydrogen-bond acceptors (Lipinski definition) is 4. The van der Waals surface area contributed by atoms with Crippen LogP contribution in [0.25, 0.3) is 0 Å². The van der Waals surface area contributed by atoms with Crippen LogP contribution in [0.15, 0.2) is 48.5 Å². The number of rotatable bonds is 7. The van der Waals surface area contributed by atoms with E-state index < -0.39 is 4.92 Å². The Morgan fingerprint density at radius 2 is 1.80 bits per heavy atom. The van der Waals surface area contributed by atoms with Gasteiger partial charge in [-0.3, -0.25) is 14.9 Å². The van der Waals surface area contributed by atoms with Gasteiger partial charge in [0.1, 0.15) is 0 Å². The number of amides is 1. The smallest absolute Gasteiger partial charge is 0.269 e. The van der Waals surface area contributed by atoms with Gasteiger partial charge in [0.05, 0.1) is 10.7 Å². The zero-order valence-electron chi connectivity index (χ0n) is 14.6. The number of nitro benzene ring substituents is 1. The van der Waals surface area contributed by atoms with Crippen molar-refractivity contribution in [1.29, 1.82) is 0 Å². The number of anilines is 1. The van der Waals surface area contributed by atoms with E-state index in [1.54, 1.807) is 12.1 Å². The van der Waals surface area contributed by atoms with Gasteiger partial charge in [-0.05, 0) is 36.1 Å². The van der Waals surface area contributed by atoms with Crippen LogP contribution in [0.3, 0.4) is 0 Å². The lowest BCUT2D eigenvalue weighted by Crippen LogP contribution is -2.14. The molecule has 1 amide bonds. The molecule has 1 atom stereocenters. The average Bonchev–Trinajstić information content (AvgIpc) is 2.60. The fraction of sp³-hybridized carbons (Fsp3) is 0.316. The van der Waals surface area contributed by atoms with Gasteiger partial charge in [0, 0.05) is 23.1 Å². The van der Waals surface area contributed by atoms with Crippen molar-refractivity contribution in [1.82, 2.24) is 0 Å². The SMILES string of the molecule is CC(C)c1ccc(NC(=O)CS[C@H](C)c2cccc([N+](=O)[O-])c2)cc1. The lowest BCUT2D eigenvalue weighted by molar-refractivity contribution is -0.384. The van der Waals surface area contributed by atoms with Gasteiger partial charge in [0.25, 0.3) is 5.69 Å². The highest BCUT2D eigenvalue weighted by Gasteiger charge is 2.13. The van der Waals surface area contributed by atoms with Crippen LogP contribution in [-0.4, -0.2) is 16.6 Å². The maximum absolute atomic E-state index is 12.1. The van der Waals surface area contributed by atoms with E-state index >= 15 is 0 Å². The average molecular weight is 358 g/mol. The lowest BCUT2D eigenvalue weighted by Gasteiger charge is -2.12. The Morgan fingerprint density at radius 1 is 1.12 bits per heavy atom. The molecule has 1 N–H and O–H groups in total. The summed E-state index contributed by atoms with van der Waals surface area (Å²) in [7, 11) is 0. The first-order chi connectivity index (χ1) is 11.9. The molecule has 0 saturated heterocycles. The van der Waals surface area contributed by atoms with E-state index in [1.165, 1.54) is 23.4 Å². The minimum Gasteiger partial charge on any atom is -0.325 e. The molecule has 0 radical (unpaired) electrons. The number of thioether (sulfide) groups is 1. The summed E-state index contributed by atoms with van der Waals surface area (Å²) in [5, 5.41) is 13.7. The summed E-state index contributed by atoms with van der Waals surface area (Å²) in [5.74, 6) is 0.658. The van der Waals surface area contributed by atoms with Crippen LogP contribution in [0.4, 0.5) is 11.4 Å². The summed E-state index contributed by atoms with van der Waals surface area (Å²) in [6.45, 7) is 6.19. The number of benzene rings is 2. The van der Waals surface area contributed by atoms with Crippen molar-refractivity contribution in [3.8, 4) is 0 Å². The Morgan fingerprint density at radius 3 is 2.40 bits per heavy atom. The molecular formula is C19H22N2O3S. The molecule has 0 heterocycles. The molecule has 132 valence electrons. The van der Waals surface area contributed by atoms with E-state index in [1.807, 2.05) is 37.3 Å². The molecule has 0 fully saturated rings. The van der Waals surface area contributed by atoms with E-state index in [0.29, 0.717) is 5.92 Å². The van der Waals surface area contributed by atoms with Crippen LogP contribution in [0.5, 0.6) is 0 Å². The monoisotopic (exact) mass is 358 g/mol. The van der Waals surface area contributed by atoms with Gasteiger partial charge < -0.3 is 5.32 Å². The Hall–Kier alpha value is -2.34. The highest BCUT2D eigenvalue weighted by molar-refractivity contribution is 8.00. The van der Waals surface area contributed by atoms with Crippen molar-refractivity contribution in [2.75, 3.05) is 11.1 Å².